The number of benzene rings is 1. The fourth-order valence-corrected chi connectivity index (χ4v) is 2.11. The summed E-state index contributed by atoms with van der Waals surface area (Å²) in [5.41, 5.74) is 8.50. The maximum absolute atomic E-state index is 5.76. The van der Waals surface area contributed by atoms with Gasteiger partial charge in [0, 0.05) is 29.7 Å². The van der Waals surface area contributed by atoms with Gasteiger partial charge in [0.1, 0.15) is 10.7 Å². The molecule has 2 rings (SSSR count). The molecule has 0 spiro atoms. The number of hydrogen-bond acceptors (Lipinski definition) is 4. The fraction of sp³-hybridized carbons (Fsp3) is 0.200. The Morgan fingerprint density at radius 2 is 2.20 bits per heavy atom. The predicted octanol–water partition coefficient (Wildman–Crippen LogP) is 2.90. The van der Waals surface area contributed by atoms with Crippen LogP contribution in [0.2, 0.25) is 0 Å². The van der Waals surface area contributed by atoms with Crippen LogP contribution in [0.15, 0.2) is 42.7 Å². The van der Waals surface area contributed by atoms with Crippen LogP contribution < -0.4 is 15.8 Å². The molecule has 0 saturated carbocycles. The highest BCUT2D eigenvalue weighted by Gasteiger charge is 2.11. The van der Waals surface area contributed by atoms with Crippen molar-refractivity contribution in [3.8, 4) is 5.75 Å². The zero-order valence-electron chi connectivity index (χ0n) is 11.5. The van der Waals surface area contributed by atoms with Gasteiger partial charge in [0.15, 0.2) is 0 Å². The number of nitrogens with two attached hydrogens (primary N) is 1. The summed E-state index contributed by atoms with van der Waals surface area (Å²) in [5.74, 6) is 0.755. The smallest absolute Gasteiger partial charge is 0.120 e. The van der Waals surface area contributed by atoms with Gasteiger partial charge in [-0.3, -0.25) is 4.98 Å². The van der Waals surface area contributed by atoms with Crippen molar-refractivity contribution in [3.63, 3.8) is 0 Å². The van der Waals surface area contributed by atoms with Gasteiger partial charge in [-0.25, -0.2) is 0 Å². The molecule has 2 aromatic rings. The minimum atomic E-state index is 0.0870. The van der Waals surface area contributed by atoms with Gasteiger partial charge >= 0.3 is 0 Å². The van der Waals surface area contributed by atoms with Crippen LogP contribution in [0.25, 0.3) is 0 Å². The second-order valence-corrected chi connectivity index (χ2v) is 4.87. The first kappa shape index (κ1) is 14.3. The van der Waals surface area contributed by atoms with Gasteiger partial charge in [0.2, 0.25) is 0 Å². The number of nitrogens with one attached hydrogen (secondary N) is 1. The van der Waals surface area contributed by atoms with E-state index in [-0.39, 0.29) is 6.04 Å². The molecule has 1 aromatic heterocycles. The van der Waals surface area contributed by atoms with Gasteiger partial charge in [0.05, 0.1) is 13.2 Å². The number of ether oxygens (including phenoxy) is 1. The fourth-order valence-electron chi connectivity index (χ4n) is 1.93. The van der Waals surface area contributed by atoms with Gasteiger partial charge in [-0.2, -0.15) is 0 Å². The first-order valence-electron chi connectivity index (χ1n) is 6.26. The third-order valence-corrected chi connectivity index (χ3v) is 3.27. The monoisotopic (exact) mass is 287 g/mol. The molecule has 4 nitrogen and oxygen atoms in total. The molecule has 0 bridgehead atoms. The molecule has 0 aliphatic rings. The van der Waals surface area contributed by atoms with Crippen molar-refractivity contribution in [2.75, 3.05) is 12.4 Å². The molecule has 1 aromatic carbocycles. The molecule has 1 unspecified atom stereocenters. The van der Waals surface area contributed by atoms with Crippen molar-refractivity contribution >= 4 is 22.9 Å². The van der Waals surface area contributed by atoms with E-state index in [9.17, 15) is 0 Å². The van der Waals surface area contributed by atoms with Crippen LogP contribution >= 0.6 is 12.2 Å². The number of hydrogen-bond donors (Lipinski definition) is 2. The lowest BCUT2D eigenvalue weighted by Crippen LogP contribution is -2.15. The Balaban J connectivity index is 2.29. The quantitative estimate of drug-likeness (QED) is 0.828. The van der Waals surface area contributed by atoms with Crippen molar-refractivity contribution in [3.05, 3.63) is 53.9 Å². The molecule has 104 valence electrons. The standard InChI is InChI=1S/C15H17N3OS/c1-10(11-4-3-7-17-9-11)18-14-8-12(19-2)5-6-13(14)15(16)20/h3-10,18H,1-2H3,(H2,16,20). The highest BCUT2D eigenvalue weighted by atomic mass is 32.1. The van der Waals surface area contributed by atoms with E-state index in [1.165, 1.54) is 0 Å². The summed E-state index contributed by atoms with van der Waals surface area (Å²) >= 11 is 5.08. The number of rotatable bonds is 5. The van der Waals surface area contributed by atoms with Gasteiger partial charge in [-0.1, -0.05) is 18.3 Å². The molecule has 0 radical (unpaired) electrons. The van der Waals surface area contributed by atoms with Crippen molar-refractivity contribution in [2.24, 2.45) is 5.73 Å². The molecule has 0 aliphatic carbocycles. The van der Waals surface area contributed by atoms with Crippen LogP contribution in [0.3, 0.4) is 0 Å². The Hall–Kier alpha value is -2.14. The molecule has 0 amide bonds. The van der Waals surface area contributed by atoms with E-state index >= 15 is 0 Å². The third kappa shape index (κ3) is 3.24. The Morgan fingerprint density at radius 3 is 2.80 bits per heavy atom. The first-order chi connectivity index (χ1) is 9.61. The molecular weight excluding hydrogens is 270 g/mol. The van der Waals surface area contributed by atoms with Crippen molar-refractivity contribution in [2.45, 2.75) is 13.0 Å². The Labute approximate surface area is 124 Å². The topological polar surface area (TPSA) is 60.2 Å². The van der Waals surface area contributed by atoms with Crippen LogP contribution in [-0.2, 0) is 0 Å². The minimum Gasteiger partial charge on any atom is -0.497 e. The summed E-state index contributed by atoms with van der Waals surface area (Å²) in [6, 6.07) is 9.61. The van der Waals surface area contributed by atoms with E-state index < -0.39 is 0 Å². The summed E-state index contributed by atoms with van der Waals surface area (Å²) < 4.78 is 5.24. The predicted molar refractivity (Wildman–Crippen MR) is 85.2 cm³/mol. The molecule has 0 fully saturated rings. The van der Waals surface area contributed by atoms with E-state index in [0.717, 1.165) is 22.6 Å². The molecule has 1 atom stereocenters. The number of pyridine rings is 1. The van der Waals surface area contributed by atoms with Crippen LogP contribution in [0.1, 0.15) is 24.1 Å². The van der Waals surface area contributed by atoms with Crippen LogP contribution in [0.4, 0.5) is 5.69 Å². The third-order valence-electron chi connectivity index (χ3n) is 3.05. The highest BCUT2D eigenvalue weighted by molar-refractivity contribution is 7.80. The summed E-state index contributed by atoms with van der Waals surface area (Å²) in [7, 11) is 1.63. The van der Waals surface area contributed by atoms with Gasteiger partial charge < -0.3 is 15.8 Å². The Kier molecular flexibility index (Phi) is 4.53. The van der Waals surface area contributed by atoms with Crippen LogP contribution in [0.5, 0.6) is 5.75 Å². The SMILES string of the molecule is COc1ccc(C(N)=S)c(NC(C)c2cccnc2)c1. The Morgan fingerprint density at radius 1 is 1.40 bits per heavy atom. The van der Waals surface area contributed by atoms with Gasteiger partial charge in [-0.15, -0.1) is 0 Å². The van der Waals surface area contributed by atoms with Crippen LogP contribution in [0, 0.1) is 0 Å². The summed E-state index contributed by atoms with van der Waals surface area (Å²) in [5, 5.41) is 3.40. The van der Waals surface area contributed by atoms with Crippen molar-refractivity contribution in [1.29, 1.82) is 0 Å². The first-order valence-corrected chi connectivity index (χ1v) is 6.67. The number of thiocarbonyl (C=S) groups is 1. The van der Waals surface area contributed by atoms with E-state index in [0.29, 0.717) is 4.99 Å². The van der Waals surface area contributed by atoms with Gasteiger partial charge in [-0.05, 0) is 30.7 Å². The normalized spacial score (nSPS) is 11.7. The summed E-state index contributed by atoms with van der Waals surface area (Å²) in [4.78, 5) is 4.48. The second-order valence-electron chi connectivity index (χ2n) is 4.43. The number of aromatic nitrogens is 1. The largest absolute Gasteiger partial charge is 0.497 e. The molecule has 3 N–H and O–H groups in total. The summed E-state index contributed by atoms with van der Waals surface area (Å²) in [6.07, 6.45) is 3.58. The van der Waals surface area contributed by atoms with Crippen molar-refractivity contribution in [1.82, 2.24) is 4.98 Å². The van der Waals surface area contributed by atoms with E-state index in [1.807, 2.05) is 36.5 Å². The Bertz CT molecular complexity index is 601. The molecule has 0 saturated heterocycles. The molecule has 1 heterocycles. The molecular formula is C15H17N3OS. The highest BCUT2D eigenvalue weighted by Crippen LogP contribution is 2.26. The van der Waals surface area contributed by atoms with E-state index in [1.54, 1.807) is 13.3 Å². The lowest BCUT2D eigenvalue weighted by molar-refractivity contribution is 0.415. The zero-order valence-corrected chi connectivity index (χ0v) is 12.3. The van der Waals surface area contributed by atoms with E-state index in [2.05, 4.69) is 17.2 Å². The molecule has 20 heavy (non-hydrogen) atoms. The van der Waals surface area contributed by atoms with E-state index in [4.69, 9.17) is 22.7 Å². The molecule has 5 heteroatoms. The number of anilines is 1. The minimum absolute atomic E-state index is 0.0870. The average Bonchev–Trinajstić information content (AvgIpc) is 2.47. The lowest BCUT2D eigenvalue weighted by Gasteiger charge is -2.18. The number of nitrogens with zero attached hydrogens (tertiary/aromatic N) is 1. The van der Waals surface area contributed by atoms with Gasteiger partial charge in [0.25, 0.3) is 0 Å². The maximum atomic E-state index is 5.76. The maximum Gasteiger partial charge on any atom is 0.120 e. The summed E-state index contributed by atoms with van der Waals surface area (Å²) in [6.45, 7) is 2.06. The zero-order chi connectivity index (χ0) is 14.5. The molecule has 0 aliphatic heterocycles. The van der Waals surface area contributed by atoms with Crippen LogP contribution in [-0.4, -0.2) is 17.1 Å². The second kappa shape index (κ2) is 6.34. The number of methoxy groups -OCH3 is 1. The van der Waals surface area contributed by atoms with Crippen molar-refractivity contribution < 1.29 is 4.74 Å². The average molecular weight is 287 g/mol. The lowest BCUT2D eigenvalue weighted by atomic mass is 10.1.